The Labute approximate surface area is 175 Å². The molecule has 3 rings (SSSR count). The Morgan fingerprint density at radius 3 is 2.60 bits per heavy atom. The van der Waals surface area contributed by atoms with Crippen LogP contribution in [0.1, 0.15) is 43.4 Å². The maximum atomic E-state index is 13.0. The van der Waals surface area contributed by atoms with Gasteiger partial charge in [-0.2, -0.15) is 0 Å². The maximum Gasteiger partial charge on any atom is 0.419 e. The summed E-state index contributed by atoms with van der Waals surface area (Å²) < 4.78 is 7.14. The average molecular weight is 413 g/mol. The van der Waals surface area contributed by atoms with Gasteiger partial charge in [0.15, 0.2) is 0 Å². The van der Waals surface area contributed by atoms with E-state index in [0.29, 0.717) is 42.0 Å². The van der Waals surface area contributed by atoms with Crippen molar-refractivity contribution in [2.45, 2.75) is 39.7 Å². The molecule has 0 radical (unpaired) electrons. The van der Waals surface area contributed by atoms with Gasteiger partial charge in [0.25, 0.3) is 5.91 Å². The summed E-state index contributed by atoms with van der Waals surface area (Å²) in [6.45, 7) is 8.07. The molecule has 0 aliphatic heterocycles. The van der Waals surface area contributed by atoms with Gasteiger partial charge in [-0.25, -0.2) is 24.1 Å². The summed E-state index contributed by atoms with van der Waals surface area (Å²) in [4.78, 5) is 39.3. The third-order valence-electron chi connectivity index (χ3n) is 4.44. The molecule has 1 amide bonds. The number of para-hydroxylation sites is 1. The third kappa shape index (κ3) is 4.60. The Hall–Kier alpha value is -2.97. The number of amides is 1. The molecular formula is C22H27N3O5. The van der Waals surface area contributed by atoms with E-state index in [9.17, 15) is 9.59 Å². The van der Waals surface area contributed by atoms with Crippen LogP contribution >= 0.6 is 0 Å². The molecule has 0 aliphatic carbocycles. The number of nitrogens with one attached hydrogen (secondary N) is 1. The summed E-state index contributed by atoms with van der Waals surface area (Å²) in [6, 6.07) is 9.25. The lowest BCUT2D eigenvalue weighted by molar-refractivity contribution is -0.272. The van der Waals surface area contributed by atoms with E-state index in [0.717, 1.165) is 10.8 Å². The second-order valence-corrected chi connectivity index (χ2v) is 7.92. The van der Waals surface area contributed by atoms with E-state index in [1.807, 2.05) is 45.0 Å². The second kappa shape index (κ2) is 8.81. The van der Waals surface area contributed by atoms with Gasteiger partial charge >= 0.3 is 6.09 Å². The Morgan fingerprint density at radius 2 is 1.90 bits per heavy atom. The molecule has 2 aromatic heterocycles. The van der Waals surface area contributed by atoms with Gasteiger partial charge in [-0.1, -0.05) is 18.2 Å². The minimum atomic E-state index is -0.636. The van der Waals surface area contributed by atoms with Crippen molar-refractivity contribution >= 4 is 33.8 Å². The monoisotopic (exact) mass is 413 g/mol. The standard InChI is InChI=1S/C22H27N3O5/c1-14-19-16(13-17(24-14)20(26)23-11-8-12-29-28-5)15-9-6-7-10-18(15)25(19)21(27)30-22(2,3)4/h6-7,9-10,13H,8,11-12H2,1-5H3,(H,23,26). The lowest BCUT2D eigenvalue weighted by Crippen LogP contribution is -2.27. The highest BCUT2D eigenvalue weighted by Gasteiger charge is 2.24. The van der Waals surface area contributed by atoms with Crippen molar-refractivity contribution in [2.75, 3.05) is 20.3 Å². The fourth-order valence-corrected chi connectivity index (χ4v) is 3.29. The van der Waals surface area contributed by atoms with Crippen molar-refractivity contribution in [2.24, 2.45) is 0 Å². The van der Waals surface area contributed by atoms with Gasteiger partial charge in [-0.15, -0.1) is 0 Å². The summed E-state index contributed by atoms with van der Waals surface area (Å²) in [5, 5.41) is 4.45. The predicted octanol–water partition coefficient (Wildman–Crippen LogP) is 3.98. The molecule has 0 unspecified atom stereocenters. The molecule has 0 spiro atoms. The molecule has 0 fully saturated rings. The first-order chi connectivity index (χ1) is 14.2. The van der Waals surface area contributed by atoms with Crippen LogP contribution in [0.15, 0.2) is 30.3 Å². The van der Waals surface area contributed by atoms with E-state index in [-0.39, 0.29) is 5.91 Å². The average Bonchev–Trinajstić information content (AvgIpc) is 3.01. The van der Waals surface area contributed by atoms with Crippen molar-refractivity contribution in [1.82, 2.24) is 14.9 Å². The minimum Gasteiger partial charge on any atom is -0.443 e. The quantitative estimate of drug-likeness (QED) is 0.373. The van der Waals surface area contributed by atoms with Crippen LogP contribution < -0.4 is 5.32 Å². The highest BCUT2D eigenvalue weighted by atomic mass is 17.2. The van der Waals surface area contributed by atoms with Crippen LogP contribution in [0, 0.1) is 6.92 Å². The van der Waals surface area contributed by atoms with E-state index in [1.54, 1.807) is 13.0 Å². The number of nitrogens with zero attached hydrogens (tertiary/aromatic N) is 2. The molecule has 1 aromatic carbocycles. The first-order valence-corrected chi connectivity index (χ1v) is 9.81. The zero-order valence-electron chi connectivity index (χ0n) is 17.9. The zero-order valence-corrected chi connectivity index (χ0v) is 17.9. The van der Waals surface area contributed by atoms with Crippen LogP contribution in [0.5, 0.6) is 0 Å². The predicted molar refractivity (Wildman–Crippen MR) is 114 cm³/mol. The molecule has 30 heavy (non-hydrogen) atoms. The van der Waals surface area contributed by atoms with Crippen LogP contribution in [0.2, 0.25) is 0 Å². The Kier molecular flexibility index (Phi) is 6.38. The highest BCUT2D eigenvalue weighted by Crippen LogP contribution is 2.31. The van der Waals surface area contributed by atoms with Gasteiger partial charge in [0.2, 0.25) is 0 Å². The van der Waals surface area contributed by atoms with Crippen molar-refractivity contribution in [1.29, 1.82) is 0 Å². The molecule has 8 nitrogen and oxygen atoms in total. The smallest absolute Gasteiger partial charge is 0.419 e. The number of hydrogen-bond acceptors (Lipinski definition) is 6. The molecule has 8 heteroatoms. The van der Waals surface area contributed by atoms with Crippen LogP contribution in [0.25, 0.3) is 21.8 Å². The third-order valence-corrected chi connectivity index (χ3v) is 4.44. The molecule has 0 aliphatic rings. The molecule has 0 atom stereocenters. The molecule has 2 heterocycles. The largest absolute Gasteiger partial charge is 0.443 e. The van der Waals surface area contributed by atoms with Crippen molar-refractivity contribution in [3.63, 3.8) is 0 Å². The van der Waals surface area contributed by atoms with E-state index in [2.05, 4.69) is 15.2 Å². The number of ether oxygens (including phenoxy) is 1. The zero-order chi connectivity index (χ0) is 21.9. The minimum absolute atomic E-state index is 0.286. The Balaban J connectivity index is 2.02. The number of pyridine rings is 1. The topological polar surface area (TPSA) is 91.7 Å². The first-order valence-electron chi connectivity index (χ1n) is 9.81. The van der Waals surface area contributed by atoms with Gasteiger partial charge in [0.1, 0.15) is 11.3 Å². The molecule has 0 saturated carbocycles. The van der Waals surface area contributed by atoms with Crippen molar-refractivity contribution in [3.05, 3.63) is 41.7 Å². The first kappa shape index (κ1) is 21.7. The number of aryl methyl sites for hydroxylation is 1. The summed E-state index contributed by atoms with van der Waals surface area (Å²) >= 11 is 0. The van der Waals surface area contributed by atoms with Crippen LogP contribution in [-0.2, 0) is 14.5 Å². The highest BCUT2D eigenvalue weighted by molar-refractivity contribution is 6.14. The number of fused-ring (bicyclic) bond motifs is 3. The van der Waals surface area contributed by atoms with Gasteiger partial charge < -0.3 is 10.1 Å². The molecule has 3 aromatic rings. The lowest BCUT2D eigenvalue weighted by Gasteiger charge is -2.20. The van der Waals surface area contributed by atoms with E-state index >= 15 is 0 Å². The number of benzene rings is 1. The fraction of sp³-hybridized carbons (Fsp3) is 0.409. The van der Waals surface area contributed by atoms with Gasteiger partial charge in [0.05, 0.1) is 30.4 Å². The van der Waals surface area contributed by atoms with E-state index < -0.39 is 11.7 Å². The molecular weight excluding hydrogens is 386 g/mol. The van der Waals surface area contributed by atoms with Crippen LogP contribution in [-0.4, -0.2) is 47.4 Å². The van der Waals surface area contributed by atoms with Crippen molar-refractivity contribution in [3.8, 4) is 0 Å². The Bertz CT molecular complexity index is 1080. The molecule has 1 N–H and O–H groups in total. The maximum absolute atomic E-state index is 13.0. The molecule has 160 valence electrons. The molecule has 0 saturated heterocycles. The molecule has 0 bridgehead atoms. The van der Waals surface area contributed by atoms with Gasteiger partial charge in [0, 0.05) is 17.3 Å². The Morgan fingerprint density at radius 1 is 1.17 bits per heavy atom. The number of hydrogen-bond donors (Lipinski definition) is 1. The van der Waals surface area contributed by atoms with Gasteiger partial charge in [-0.3, -0.25) is 4.79 Å². The number of carbonyl (C=O) groups excluding carboxylic acids is 2. The lowest BCUT2D eigenvalue weighted by atomic mass is 10.1. The summed E-state index contributed by atoms with van der Waals surface area (Å²) in [5.41, 5.74) is 1.57. The summed E-state index contributed by atoms with van der Waals surface area (Å²) in [7, 11) is 1.44. The number of aromatic nitrogens is 2. The van der Waals surface area contributed by atoms with Crippen molar-refractivity contribution < 1.29 is 24.1 Å². The second-order valence-electron chi connectivity index (χ2n) is 7.92. The van der Waals surface area contributed by atoms with E-state index in [4.69, 9.17) is 9.62 Å². The number of carbonyl (C=O) groups is 2. The SMILES string of the molecule is COOCCCNC(=O)c1cc2c3ccccc3n(C(=O)OC(C)(C)C)c2c(C)n1. The van der Waals surface area contributed by atoms with Crippen LogP contribution in [0.3, 0.4) is 0 Å². The van der Waals surface area contributed by atoms with E-state index in [1.165, 1.54) is 11.7 Å². The van der Waals surface area contributed by atoms with Crippen LogP contribution in [0.4, 0.5) is 4.79 Å². The van der Waals surface area contributed by atoms with Gasteiger partial charge in [-0.05, 0) is 46.2 Å². The summed E-state index contributed by atoms with van der Waals surface area (Å²) in [6.07, 6.45) is 0.132. The fourth-order valence-electron chi connectivity index (χ4n) is 3.29. The normalized spacial score (nSPS) is 11.8. The summed E-state index contributed by atoms with van der Waals surface area (Å²) in [5.74, 6) is -0.286. The number of rotatable bonds is 6.